The molecular formula is C14H17N4O3+. The number of esters is 1. The third-order valence-electron chi connectivity index (χ3n) is 3.09. The third-order valence-corrected chi connectivity index (χ3v) is 3.09. The first-order chi connectivity index (χ1) is 10.0. The SMILES string of the molecule is COC(=O)Cc1nn(C)n[n+]1C(C)C(=O)c1ccccc1. The Kier molecular flexibility index (Phi) is 4.42. The number of tetrazole rings is 1. The fourth-order valence-corrected chi connectivity index (χ4v) is 2.00. The lowest BCUT2D eigenvalue weighted by Gasteiger charge is -2.07. The zero-order valence-electron chi connectivity index (χ0n) is 12.2. The Hall–Kier alpha value is -2.57. The van der Waals surface area contributed by atoms with Crippen molar-refractivity contribution in [1.29, 1.82) is 0 Å². The fraction of sp³-hybridized carbons (Fsp3) is 0.357. The van der Waals surface area contributed by atoms with Crippen LogP contribution >= 0.6 is 0 Å². The second-order valence-electron chi connectivity index (χ2n) is 4.60. The minimum absolute atomic E-state index is 0.0310. The number of ether oxygens (including phenoxy) is 1. The van der Waals surface area contributed by atoms with Gasteiger partial charge in [0.2, 0.25) is 5.78 Å². The van der Waals surface area contributed by atoms with Gasteiger partial charge in [0.25, 0.3) is 0 Å². The average Bonchev–Trinajstić information content (AvgIpc) is 2.87. The van der Waals surface area contributed by atoms with Crippen molar-refractivity contribution in [2.75, 3.05) is 7.11 Å². The maximum atomic E-state index is 12.4. The molecule has 0 amide bonds. The highest BCUT2D eigenvalue weighted by atomic mass is 16.5. The van der Waals surface area contributed by atoms with Crippen LogP contribution in [0.5, 0.6) is 0 Å². The number of Topliss-reactive ketones (excluding diaryl/α,β-unsaturated/α-hetero) is 1. The lowest BCUT2D eigenvalue weighted by atomic mass is 10.1. The van der Waals surface area contributed by atoms with Crippen molar-refractivity contribution in [2.45, 2.75) is 19.4 Å². The smallest absolute Gasteiger partial charge is 0.316 e. The monoisotopic (exact) mass is 289 g/mol. The van der Waals surface area contributed by atoms with Gasteiger partial charge in [0.1, 0.15) is 13.5 Å². The maximum absolute atomic E-state index is 12.4. The van der Waals surface area contributed by atoms with Gasteiger partial charge < -0.3 is 4.74 Å². The van der Waals surface area contributed by atoms with Gasteiger partial charge >= 0.3 is 11.8 Å². The van der Waals surface area contributed by atoms with Gasteiger partial charge in [-0.1, -0.05) is 30.3 Å². The van der Waals surface area contributed by atoms with Gasteiger partial charge in [-0.2, -0.15) is 0 Å². The van der Waals surface area contributed by atoms with Gasteiger partial charge in [-0.15, -0.1) is 4.68 Å². The molecular weight excluding hydrogens is 272 g/mol. The van der Waals surface area contributed by atoms with Crippen LogP contribution in [0.3, 0.4) is 0 Å². The second kappa shape index (κ2) is 6.25. The topological polar surface area (TPSA) is 78.0 Å². The molecule has 7 heteroatoms. The van der Waals surface area contributed by atoms with E-state index >= 15 is 0 Å². The molecule has 0 saturated heterocycles. The number of carbonyl (C=O) groups is 2. The first kappa shape index (κ1) is 14.8. The van der Waals surface area contributed by atoms with Crippen LogP contribution in [-0.4, -0.2) is 34.0 Å². The summed E-state index contributed by atoms with van der Waals surface area (Å²) in [5.74, 6) is -0.128. The Morgan fingerprint density at radius 3 is 2.62 bits per heavy atom. The molecule has 0 radical (unpaired) electrons. The molecule has 2 rings (SSSR count). The lowest BCUT2D eigenvalue weighted by Crippen LogP contribution is -2.48. The quantitative estimate of drug-likeness (QED) is 0.448. The number of rotatable bonds is 5. The van der Waals surface area contributed by atoms with E-state index in [0.717, 1.165) is 0 Å². The van der Waals surface area contributed by atoms with Crippen LogP contribution in [0.1, 0.15) is 29.1 Å². The summed E-state index contributed by atoms with van der Waals surface area (Å²) in [6.45, 7) is 1.73. The molecule has 110 valence electrons. The highest BCUT2D eigenvalue weighted by molar-refractivity contribution is 5.97. The first-order valence-electron chi connectivity index (χ1n) is 6.51. The van der Waals surface area contributed by atoms with Crippen molar-refractivity contribution >= 4 is 11.8 Å². The summed E-state index contributed by atoms with van der Waals surface area (Å²) in [6, 6.07) is 8.39. The second-order valence-corrected chi connectivity index (χ2v) is 4.60. The van der Waals surface area contributed by atoms with Gasteiger partial charge in [0.15, 0.2) is 6.04 Å². The highest BCUT2D eigenvalue weighted by Gasteiger charge is 2.29. The number of hydrogen-bond acceptors (Lipinski definition) is 5. The van der Waals surface area contributed by atoms with Crippen LogP contribution in [0.15, 0.2) is 30.3 Å². The lowest BCUT2D eigenvalue weighted by molar-refractivity contribution is -0.768. The van der Waals surface area contributed by atoms with E-state index in [9.17, 15) is 9.59 Å². The number of aromatic nitrogens is 4. The third kappa shape index (κ3) is 3.31. The molecule has 1 unspecified atom stereocenters. The predicted octanol–water partition coefficient (Wildman–Crippen LogP) is 0.262. The average molecular weight is 289 g/mol. The van der Waals surface area contributed by atoms with Gasteiger partial charge in [0, 0.05) is 5.56 Å². The van der Waals surface area contributed by atoms with Crippen molar-refractivity contribution in [1.82, 2.24) is 15.1 Å². The molecule has 0 spiro atoms. The number of aryl methyl sites for hydroxylation is 1. The molecule has 0 aliphatic rings. The van der Waals surface area contributed by atoms with Crippen LogP contribution in [0.2, 0.25) is 0 Å². The minimum Gasteiger partial charge on any atom is -0.469 e. The van der Waals surface area contributed by atoms with Crippen molar-refractivity contribution < 1.29 is 19.0 Å². The largest absolute Gasteiger partial charge is 0.469 e. The Labute approximate surface area is 122 Å². The zero-order valence-corrected chi connectivity index (χ0v) is 12.2. The van der Waals surface area contributed by atoms with E-state index in [-0.39, 0.29) is 12.2 Å². The van der Waals surface area contributed by atoms with Gasteiger partial charge in [-0.05, 0) is 11.7 Å². The van der Waals surface area contributed by atoms with Crippen LogP contribution in [0.4, 0.5) is 0 Å². The van der Waals surface area contributed by atoms with Crippen LogP contribution < -0.4 is 4.68 Å². The fourth-order valence-electron chi connectivity index (χ4n) is 2.00. The zero-order chi connectivity index (χ0) is 15.4. The minimum atomic E-state index is -0.555. The maximum Gasteiger partial charge on any atom is 0.316 e. The summed E-state index contributed by atoms with van der Waals surface area (Å²) in [4.78, 5) is 25.2. The molecule has 0 fully saturated rings. The normalized spacial score (nSPS) is 12.0. The van der Waals surface area contributed by atoms with E-state index in [4.69, 9.17) is 0 Å². The van der Waals surface area contributed by atoms with Crippen molar-refractivity contribution in [3.8, 4) is 0 Å². The molecule has 21 heavy (non-hydrogen) atoms. The summed E-state index contributed by atoms with van der Waals surface area (Å²) < 4.78 is 6.08. The Morgan fingerprint density at radius 2 is 2.00 bits per heavy atom. The Balaban J connectivity index is 2.28. The molecule has 1 atom stereocenters. The molecule has 0 saturated carbocycles. The predicted molar refractivity (Wildman–Crippen MR) is 72.4 cm³/mol. The van der Waals surface area contributed by atoms with Crippen LogP contribution in [0, 0.1) is 0 Å². The molecule has 0 N–H and O–H groups in total. The number of hydrogen-bond donors (Lipinski definition) is 0. The molecule has 1 aromatic heterocycles. The molecule has 1 heterocycles. The van der Waals surface area contributed by atoms with Gasteiger partial charge in [0.05, 0.1) is 17.4 Å². The number of carbonyl (C=O) groups excluding carboxylic acids is 2. The molecule has 0 aliphatic heterocycles. The molecule has 1 aromatic carbocycles. The standard InChI is InChI=1S/C14H17N4O3/c1-10(14(20)11-7-5-4-6-8-11)18-12(9-13(19)21-3)15-17(2)16-18/h4-8,10H,9H2,1-3H3/q+1. The van der Waals surface area contributed by atoms with Gasteiger partial charge in [-0.3, -0.25) is 9.59 Å². The van der Waals surface area contributed by atoms with E-state index in [2.05, 4.69) is 15.0 Å². The number of benzene rings is 1. The summed E-state index contributed by atoms with van der Waals surface area (Å²) in [5.41, 5.74) is 0.590. The Morgan fingerprint density at radius 1 is 1.33 bits per heavy atom. The summed E-state index contributed by atoms with van der Waals surface area (Å²) in [7, 11) is 2.94. The van der Waals surface area contributed by atoms with E-state index in [1.807, 2.05) is 6.07 Å². The van der Waals surface area contributed by atoms with Crippen molar-refractivity contribution in [3.63, 3.8) is 0 Å². The van der Waals surface area contributed by atoms with Crippen LogP contribution in [0.25, 0.3) is 0 Å². The number of ketones is 1. The molecule has 7 nitrogen and oxygen atoms in total. The van der Waals surface area contributed by atoms with E-state index in [1.165, 1.54) is 16.6 Å². The molecule has 2 aromatic rings. The van der Waals surface area contributed by atoms with E-state index in [0.29, 0.717) is 11.4 Å². The number of nitrogens with zero attached hydrogens (tertiary/aromatic N) is 4. The van der Waals surface area contributed by atoms with Crippen molar-refractivity contribution in [3.05, 3.63) is 41.7 Å². The molecule has 0 aliphatic carbocycles. The summed E-state index contributed by atoms with van der Waals surface area (Å²) >= 11 is 0. The first-order valence-corrected chi connectivity index (χ1v) is 6.51. The molecule has 0 bridgehead atoms. The summed E-state index contributed by atoms with van der Waals surface area (Å²) in [5, 5.41) is 8.25. The number of methoxy groups -OCH3 is 1. The van der Waals surface area contributed by atoms with Crippen LogP contribution in [-0.2, 0) is 23.0 Å². The van der Waals surface area contributed by atoms with Gasteiger partial charge in [-0.25, -0.2) is 0 Å². The van der Waals surface area contributed by atoms with E-state index < -0.39 is 12.0 Å². The van der Waals surface area contributed by atoms with E-state index in [1.54, 1.807) is 38.2 Å². The Bertz CT molecular complexity index is 651. The highest BCUT2D eigenvalue weighted by Crippen LogP contribution is 2.08. The summed E-state index contributed by atoms with van der Waals surface area (Å²) in [6.07, 6.45) is -0.0310. The van der Waals surface area contributed by atoms with Crippen molar-refractivity contribution in [2.24, 2.45) is 7.05 Å².